The number of carboxylic acid groups (broad SMARTS) is 1. The number of carboxylic acids is 1. The van der Waals surface area contributed by atoms with Crippen LogP contribution in [0.3, 0.4) is 0 Å². The van der Waals surface area contributed by atoms with Crippen LogP contribution in [0.2, 0.25) is 0 Å². The minimum absolute atomic E-state index is 0.656. The lowest BCUT2D eigenvalue weighted by atomic mass is 9.99. The third-order valence-corrected chi connectivity index (χ3v) is 3.13. The Morgan fingerprint density at radius 3 is 2.00 bits per heavy atom. The quantitative estimate of drug-likeness (QED) is 0.862. The van der Waals surface area contributed by atoms with E-state index in [-0.39, 0.29) is 0 Å². The molecule has 0 spiro atoms. The van der Waals surface area contributed by atoms with Crippen molar-refractivity contribution >= 4 is 5.97 Å². The lowest BCUT2D eigenvalue weighted by Crippen LogP contribution is -1.93. The van der Waals surface area contributed by atoms with E-state index < -0.39 is 5.97 Å². The molecule has 2 rings (SSSR count). The molecule has 2 nitrogen and oxygen atoms in total. The molecule has 21 heavy (non-hydrogen) atoms. The minimum atomic E-state index is -1.11. The van der Waals surface area contributed by atoms with Gasteiger partial charge in [-0.2, -0.15) is 0 Å². The Morgan fingerprint density at radius 2 is 1.52 bits per heavy atom. The molecular weight excluding hydrogens is 260 g/mol. The predicted molar refractivity (Wildman–Crippen MR) is 84.9 cm³/mol. The van der Waals surface area contributed by atoms with Gasteiger partial charge in [0.2, 0.25) is 0 Å². The summed E-state index contributed by atoms with van der Waals surface area (Å²) in [7, 11) is 0. The SMILES string of the molecule is CC(C)Cc1ccc(-c2ccc(C#CC(=O)O)cc2)cc1. The van der Waals surface area contributed by atoms with Gasteiger partial charge in [0.15, 0.2) is 0 Å². The van der Waals surface area contributed by atoms with Crippen LogP contribution in [-0.2, 0) is 11.2 Å². The van der Waals surface area contributed by atoms with Crippen molar-refractivity contribution in [3.05, 3.63) is 59.7 Å². The number of hydrogen-bond donors (Lipinski definition) is 1. The zero-order valence-corrected chi connectivity index (χ0v) is 12.3. The van der Waals surface area contributed by atoms with Gasteiger partial charge >= 0.3 is 5.97 Å². The van der Waals surface area contributed by atoms with Gasteiger partial charge in [-0.05, 0) is 41.2 Å². The van der Waals surface area contributed by atoms with Gasteiger partial charge in [0.25, 0.3) is 0 Å². The molecule has 0 radical (unpaired) electrons. The molecule has 2 aromatic rings. The summed E-state index contributed by atoms with van der Waals surface area (Å²) in [4.78, 5) is 10.4. The smallest absolute Gasteiger partial charge is 0.382 e. The molecule has 2 aromatic carbocycles. The maximum atomic E-state index is 10.4. The first kappa shape index (κ1) is 14.9. The number of aliphatic carboxylic acids is 1. The van der Waals surface area contributed by atoms with E-state index in [2.05, 4.69) is 50.0 Å². The summed E-state index contributed by atoms with van der Waals surface area (Å²) in [5.41, 5.74) is 4.31. The van der Waals surface area contributed by atoms with Crippen LogP contribution < -0.4 is 0 Å². The van der Waals surface area contributed by atoms with Crippen LogP contribution in [0.25, 0.3) is 11.1 Å². The topological polar surface area (TPSA) is 37.3 Å². The van der Waals surface area contributed by atoms with Gasteiger partial charge in [0.05, 0.1) is 0 Å². The zero-order chi connectivity index (χ0) is 15.2. The van der Waals surface area contributed by atoms with Crippen LogP contribution in [0.15, 0.2) is 48.5 Å². The second-order valence-electron chi connectivity index (χ2n) is 5.43. The Balaban J connectivity index is 2.15. The molecule has 0 aromatic heterocycles. The van der Waals surface area contributed by atoms with Crippen molar-refractivity contribution in [1.29, 1.82) is 0 Å². The molecule has 0 bridgehead atoms. The first-order valence-electron chi connectivity index (χ1n) is 6.99. The van der Waals surface area contributed by atoms with E-state index >= 15 is 0 Å². The molecule has 1 N–H and O–H groups in total. The van der Waals surface area contributed by atoms with E-state index in [0.29, 0.717) is 11.5 Å². The summed E-state index contributed by atoms with van der Waals surface area (Å²) in [5, 5.41) is 8.52. The third kappa shape index (κ3) is 4.50. The minimum Gasteiger partial charge on any atom is -0.472 e. The average Bonchev–Trinajstić information content (AvgIpc) is 2.46. The van der Waals surface area contributed by atoms with Gasteiger partial charge < -0.3 is 5.11 Å². The molecule has 0 amide bonds. The molecule has 0 aliphatic heterocycles. The highest BCUT2D eigenvalue weighted by molar-refractivity contribution is 5.87. The zero-order valence-electron chi connectivity index (χ0n) is 12.3. The van der Waals surface area contributed by atoms with E-state index in [1.54, 1.807) is 0 Å². The Kier molecular flexibility index (Phi) is 4.79. The monoisotopic (exact) mass is 278 g/mol. The van der Waals surface area contributed by atoms with E-state index in [1.165, 1.54) is 5.56 Å². The maximum absolute atomic E-state index is 10.4. The van der Waals surface area contributed by atoms with Gasteiger partial charge in [0, 0.05) is 11.5 Å². The van der Waals surface area contributed by atoms with Crippen molar-refractivity contribution in [2.75, 3.05) is 0 Å². The standard InChI is InChI=1S/C19H18O2/c1-14(2)13-16-5-10-18(11-6-16)17-8-3-15(4-9-17)7-12-19(20)21/h3-6,8-11,14H,13H2,1-2H3,(H,20,21). The van der Waals surface area contributed by atoms with Crippen molar-refractivity contribution in [2.24, 2.45) is 5.92 Å². The Labute approximate surface area is 125 Å². The maximum Gasteiger partial charge on any atom is 0.382 e. The van der Waals surface area contributed by atoms with E-state index in [9.17, 15) is 4.79 Å². The largest absolute Gasteiger partial charge is 0.472 e. The molecule has 106 valence electrons. The fraction of sp³-hybridized carbons (Fsp3) is 0.211. The molecule has 0 atom stereocenters. The summed E-state index contributed by atoms with van der Waals surface area (Å²) in [6.07, 6.45) is 1.09. The first-order valence-corrected chi connectivity index (χ1v) is 6.99. The number of hydrogen-bond acceptors (Lipinski definition) is 1. The molecule has 0 aliphatic rings. The Bertz CT molecular complexity index is 668. The Hall–Kier alpha value is -2.53. The van der Waals surface area contributed by atoms with Crippen LogP contribution >= 0.6 is 0 Å². The highest BCUT2D eigenvalue weighted by Crippen LogP contribution is 2.21. The second kappa shape index (κ2) is 6.76. The van der Waals surface area contributed by atoms with Crippen molar-refractivity contribution in [2.45, 2.75) is 20.3 Å². The number of carbonyl (C=O) groups is 1. The molecular formula is C19H18O2. The van der Waals surface area contributed by atoms with Gasteiger partial charge in [-0.1, -0.05) is 56.2 Å². The third-order valence-electron chi connectivity index (χ3n) is 3.13. The fourth-order valence-corrected chi connectivity index (χ4v) is 2.18. The fourth-order valence-electron chi connectivity index (χ4n) is 2.18. The van der Waals surface area contributed by atoms with Crippen LogP contribution in [0.5, 0.6) is 0 Å². The molecule has 2 heteroatoms. The summed E-state index contributed by atoms with van der Waals surface area (Å²) < 4.78 is 0. The van der Waals surface area contributed by atoms with Crippen molar-refractivity contribution in [1.82, 2.24) is 0 Å². The normalized spacial score (nSPS) is 10.0. The number of benzene rings is 2. The molecule has 0 heterocycles. The molecule has 0 saturated heterocycles. The van der Waals surface area contributed by atoms with E-state index in [1.807, 2.05) is 24.3 Å². The molecule has 0 saturated carbocycles. The van der Waals surface area contributed by atoms with Crippen LogP contribution in [-0.4, -0.2) is 11.1 Å². The highest BCUT2D eigenvalue weighted by Gasteiger charge is 2.00. The Morgan fingerprint density at radius 1 is 1.00 bits per heavy atom. The lowest BCUT2D eigenvalue weighted by Gasteiger charge is -2.07. The van der Waals surface area contributed by atoms with Gasteiger partial charge in [0.1, 0.15) is 0 Å². The van der Waals surface area contributed by atoms with E-state index in [0.717, 1.165) is 17.5 Å². The van der Waals surface area contributed by atoms with Crippen LogP contribution in [0.1, 0.15) is 25.0 Å². The number of rotatable bonds is 3. The first-order chi connectivity index (χ1) is 10.0. The van der Waals surface area contributed by atoms with Gasteiger partial charge in [-0.25, -0.2) is 4.79 Å². The summed E-state index contributed by atoms with van der Waals surface area (Å²) >= 11 is 0. The van der Waals surface area contributed by atoms with Crippen molar-refractivity contribution in [3.8, 4) is 23.0 Å². The highest BCUT2D eigenvalue weighted by atomic mass is 16.4. The average molecular weight is 278 g/mol. The van der Waals surface area contributed by atoms with Gasteiger partial charge in [-0.3, -0.25) is 0 Å². The summed E-state index contributed by atoms with van der Waals surface area (Å²) in [6.45, 7) is 4.43. The molecule has 0 unspecified atom stereocenters. The molecule has 0 fully saturated rings. The summed E-state index contributed by atoms with van der Waals surface area (Å²) in [6, 6.07) is 16.2. The van der Waals surface area contributed by atoms with Gasteiger partial charge in [-0.15, -0.1) is 0 Å². The van der Waals surface area contributed by atoms with E-state index in [4.69, 9.17) is 5.11 Å². The van der Waals surface area contributed by atoms with Crippen LogP contribution in [0, 0.1) is 17.8 Å². The van der Waals surface area contributed by atoms with Crippen LogP contribution in [0.4, 0.5) is 0 Å². The van der Waals surface area contributed by atoms with Crippen molar-refractivity contribution < 1.29 is 9.90 Å². The summed E-state index contributed by atoms with van der Waals surface area (Å²) in [5.74, 6) is 4.26. The molecule has 0 aliphatic carbocycles. The predicted octanol–water partition coefficient (Wildman–Crippen LogP) is 3.99. The second-order valence-corrected chi connectivity index (χ2v) is 5.43. The van der Waals surface area contributed by atoms with Crippen molar-refractivity contribution in [3.63, 3.8) is 0 Å². The lowest BCUT2D eigenvalue weighted by molar-refractivity contribution is -0.130.